The first-order valence-electron chi connectivity index (χ1n) is 7.73. The lowest BCUT2D eigenvalue weighted by atomic mass is 10.0. The summed E-state index contributed by atoms with van der Waals surface area (Å²) < 4.78 is 2.16. The first-order valence-corrected chi connectivity index (χ1v) is 7.73. The fourth-order valence-corrected chi connectivity index (χ4v) is 3.09. The van der Waals surface area contributed by atoms with Gasteiger partial charge in [0.25, 0.3) is 0 Å². The fourth-order valence-electron chi connectivity index (χ4n) is 3.09. The average molecular weight is 324 g/mol. The normalized spacial score (nSPS) is 11.0. The third-order valence-electron chi connectivity index (χ3n) is 4.32. The molecule has 0 aliphatic rings. The van der Waals surface area contributed by atoms with Gasteiger partial charge in [-0.2, -0.15) is 0 Å². The van der Waals surface area contributed by atoms with E-state index in [-0.39, 0.29) is 6.54 Å². The topological polar surface area (TPSA) is 84.4 Å². The smallest absolute Gasteiger partial charge is 0.338 e. The van der Waals surface area contributed by atoms with Gasteiger partial charge in [-0.25, -0.2) is 9.86 Å². The molecule has 0 spiro atoms. The molecule has 6 nitrogen and oxygen atoms in total. The molecule has 6 heteroatoms. The number of hydrogen-bond acceptors (Lipinski definition) is 3. The second kappa shape index (κ2) is 6.33. The van der Waals surface area contributed by atoms with Crippen LogP contribution in [0.2, 0.25) is 0 Å². The van der Waals surface area contributed by atoms with E-state index in [1.54, 1.807) is 6.20 Å². The largest absolute Gasteiger partial charge is 0.350 e. The number of primary amides is 1. The Labute approximate surface area is 140 Å². The predicted octanol–water partition coefficient (Wildman–Crippen LogP) is 2.86. The van der Waals surface area contributed by atoms with Gasteiger partial charge in [0.05, 0.1) is 12.2 Å². The number of benzene rings is 1. The number of hydroxylamine groups is 2. The number of amides is 2. The van der Waals surface area contributed by atoms with E-state index in [1.165, 1.54) is 5.56 Å². The lowest BCUT2D eigenvalue weighted by molar-refractivity contribution is -0.0382. The van der Waals surface area contributed by atoms with E-state index in [1.807, 2.05) is 31.4 Å². The molecule has 0 aliphatic carbocycles. The van der Waals surface area contributed by atoms with E-state index in [9.17, 15) is 10.0 Å². The highest BCUT2D eigenvalue weighted by Gasteiger charge is 2.14. The Morgan fingerprint density at radius 2 is 2.17 bits per heavy atom. The van der Waals surface area contributed by atoms with Crippen molar-refractivity contribution in [3.05, 3.63) is 53.9 Å². The van der Waals surface area contributed by atoms with Crippen LogP contribution in [-0.2, 0) is 13.5 Å². The molecule has 3 rings (SSSR count). The van der Waals surface area contributed by atoms with Gasteiger partial charge < -0.3 is 10.3 Å². The van der Waals surface area contributed by atoms with Gasteiger partial charge in [-0.15, -0.1) is 0 Å². The van der Waals surface area contributed by atoms with Crippen LogP contribution in [0.15, 0.2) is 42.7 Å². The van der Waals surface area contributed by atoms with E-state index in [2.05, 4.69) is 28.6 Å². The average Bonchev–Trinajstić information content (AvgIpc) is 2.84. The minimum atomic E-state index is -0.842. The van der Waals surface area contributed by atoms with Crippen LogP contribution in [0.25, 0.3) is 22.2 Å². The van der Waals surface area contributed by atoms with Crippen molar-refractivity contribution in [1.82, 2.24) is 14.6 Å². The molecule has 0 aliphatic heterocycles. The minimum absolute atomic E-state index is 0.169. The van der Waals surface area contributed by atoms with E-state index >= 15 is 0 Å². The number of nitrogens with zero attached hydrogens (tertiary/aromatic N) is 3. The Kier molecular flexibility index (Phi) is 4.22. The molecule has 24 heavy (non-hydrogen) atoms. The number of aromatic nitrogens is 2. The van der Waals surface area contributed by atoms with E-state index in [0.717, 1.165) is 27.7 Å². The van der Waals surface area contributed by atoms with Crippen molar-refractivity contribution in [1.29, 1.82) is 0 Å². The second-order valence-corrected chi connectivity index (χ2v) is 5.84. The summed E-state index contributed by atoms with van der Waals surface area (Å²) in [5.41, 5.74) is 10.6. The van der Waals surface area contributed by atoms with Gasteiger partial charge in [-0.05, 0) is 48.7 Å². The summed E-state index contributed by atoms with van der Waals surface area (Å²) in [5, 5.41) is 11.1. The number of carbonyl (C=O) groups excluding carboxylic acids is 1. The molecule has 3 N–H and O–H groups in total. The number of aryl methyl sites for hydroxylation is 2. The van der Waals surface area contributed by atoms with Crippen molar-refractivity contribution in [3.63, 3.8) is 0 Å². The highest BCUT2D eigenvalue weighted by Crippen LogP contribution is 2.32. The number of urea groups is 1. The first kappa shape index (κ1) is 16.0. The third kappa shape index (κ3) is 2.83. The number of pyridine rings is 1. The van der Waals surface area contributed by atoms with Gasteiger partial charge in [0.2, 0.25) is 0 Å². The second-order valence-electron chi connectivity index (χ2n) is 5.84. The SMILES string of the molecule is Cc1c(-c2cccnc2)n(C)c2ccc(CCN(O)C(N)=O)cc12. The Hall–Kier alpha value is -2.86. The van der Waals surface area contributed by atoms with Gasteiger partial charge in [-0.3, -0.25) is 10.2 Å². The Morgan fingerprint density at radius 3 is 2.83 bits per heavy atom. The van der Waals surface area contributed by atoms with Crippen LogP contribution in [0.4, 0.5) is 4.79 Å². The summed E-state index contributed by atoms with van der Waals surface area (Å²) in [7, 11) is 2.04. The molecule has 0 fully saturated rings. The maximum absolute atomic E-state index is 10.9. The summed E-state index contributed by atoms with van der Waals surface area (Å²) in [6.07, 6.45) is 4.16. The molecule has 1 aromatic carbocycles. The zero-order chi connectivity index (χ0) is 17.3. The number of rotatable bonds is 4. The van der Waals surface area contributed by atoms with Crippen molar-refractivity contribution in [2.45, 2.75) is 13.3 Å². The third-order valence-corrected chi connectivity index (χ3v) is 4.32. The highest BCUT2D eigenvalue weighted by atomic mass is 16.5. The zero-order valence-electron chi connectivity index (χ0n) is 13.7. The van der Waals surface area contributed by atoms with E-state index in [0.29, 0.717) is 11.5 Å². The van der Waals surface area contributed by atoms with Gasteiger partial charge in [0, 0.05) is 35.9 Å². The maximum atomic E-state index is 10.9. The van der Waals surface area contributed by atoms with Crippen molar-refractivity contribution in [3.8, 4) is 11.3 Å². The Balaban J connectivity index is 1.99. The summed E-state index contributed by atoms with van der Waals surface area (Å²) in [4.78, 5) is 15.1. The van der Waals surface area contributed by atoms with Crippen molar-refractivity contribution in [2.24, 2.45) is 12.8 Å². The molecule has 0 unspecified atom stereocenters. The molecular weight excluding hydrogens is 304 g/mol. The van der Waals surface area contributed by atoms with Crippen LogP contribution in [0.5, 0.6) is 0 Å². The van der Waals surface area contributed by atoms with Gasteiger partial charge in [0.1, 0.15) is 0 Å². The van der Waals surface area contributed by atoms with Crippen LogP contribution in [0, 0.1) is 6.92 Å². The van der Waals surface area contributed by atoms with Crippen LogP contribution < -0.4 is 5.73 Å². The fraction of sp³-hybridized carbons (Fsp3) is 0.222. The minimum Gasteiger partial charge on any atom is -0.350 e. The lowest BCUT2D eigenvalue weighted by Gasteiger charge is -2.11. The summed E-state index contributed by atoms with van der Waals surface area (Å²) in [5.74, 6) is 0. The number of hydrogen-bond donors (Lipinski definition) is 2. The summed E-state index contributed by atoms with van der Waals surface area (Å²) in [6, 6.07) is 9.29. The number of fused-ring (bicyclic) bond motifs is 1. The molecule has 0 saturated carbocycles. The van der Waals surface area contributed by atoms with E-state index in [4.69, 9.17) is 5.73 Å². The van der Waals surface area contributed by atoms with Crippen LogP contribution >= 0.6 is 0 Å². The monoisotopic (exact) mass is 324 g/mol. The first-order chi connectivity index (χ1) is 11.5. The molecular formula is C18H20N4O2. The van der Waals surface area contributed by atoms with Crippen molar-refractivity contribution < 1.29 is 10.0 Å². The lowest BCUT2D eigenvalue weighted by Crippen LogP contribution is -2.34. The van der Waals surface area contributed by atoms with Gasteiger partial charge >= 0.3 is 6.03 Å². The number of nitrogens with two attached hydrogens (primary N) is 1. The molecule has 0 bridgehead atoms. The maximum Gasteiger partial charge on any atom is 0.338 e. The van der Waals surface area contributed by atoms with Crippen molar-refractivity contribution >= 4 is 16.9 Å². The zero-order valence-corrected chi connectivity index (χ0v) is 13.7. The molecule has 0 saturated heterocycles. The summed E-state index contributed by atoms with van der Waals surface area (Å²) in [6.45, 7) is 2.26. The van der Waals surface area contributed by atoms with Gasteiger partial charge in [-0.1, -0.05) is 6.07 Å². The Morgan fingerprint density at radius 1 is 1.38 bits per heavy atom. The molecule has 2 heterocycles. The summed E-state index contributed by atoms with van der Waals surface area (Å²) >= 11 is 0. The molecule has 3 aromatic rings. The molecule has 124 valence electrons. The highest BCUT2D eigenvalue weighted by molar-refractivity contribution is 5.91. The van der Waals surface area contributed by atoms with E-state index < -0.39 is 6.03 Å². The molecule has 0 atom stereocenters. The molecule has 2 aromatic heterocycles. The van der Waals surface area contributed by atoms with Crippen LogP contribution in [-0.4, -0.2) is 32.4 Å². The molecule has 2 amide bonds. The number of carbonyl (C=O) groups is 1. The molecule has 0 radical (unpaired) electrons. The predicted molar refractivity (Wildman–Crippen MR) is 92.7 cm³/mol. The van der Waals surface area contributed by atoms with Crippen molar-refractivity contribution in [2.75, 3.05) is 6.54 Å². The quantitative estimate of drug-likeness (QED) is 0.571. The standard InChI is InChI=1S/C18H20N4O2/c1-12-15-10-13(7-9-22(24)18(19)23)5-6-16(15)21(2)17(12)14-4-3-8-20-11-14/h3-6,8,10-11,24H,7,9H2,1-2H3,(H2,19,23). The van der Waals surface area contributed by atoms with Crippen LogP contribution in [0.3, 0.4) is 0 Å². The van der Waals surface area contributed by atoms with Gasteiger partial charge in [0.15, 0.2) is 0 Å². The van der Waals surface area contributed by atoms with Crippen LogP contribution in [0.1, 0.15) is 11.1 Å². The Bertz CT molecular complexity index is 887.